The minimum atomic E-state index is 0.0392. The molecule has 2 heteroatoms. The van der Waals surface area contributed by atoms with Gasteiger partial charge in [0.25, 0.3) is 0 Å². The lowest BCUT2D eigenvalue weighted by Crippen LogP contribution is -3.61. The Morgan fingerprint density at radius 3 is 2.33 bits per heavy atom. The fourth-order valence-electron chi connectivity index (χ4n) is 2.31. The van der Waals surface area contributed by atoms with Crippen molar-refractivity contribution in [3.63, 3.8) is 0 Å². The van der Waals surface area contributed by atoms with E-state index in [1.165, 1.54) is 22.8 Å². The Kier molecular flexibility index (Phi) is 4.76. The Labute approximate surface area is 126 Å². The van der Waals surface area contributed by atoms with Crippen molar-refractivity contribution in [1.82, 2.24) is 0 Å². The van der Waals surface area contributed by atoms with Crippen LogP contribution in [0.5, 0.6) is 0 Å². The van der Waals surface area contributed by atoms with Gasteiger partial charge in [-0.25, -0.2) is 0 Å². The molecule has 98 valence electrons. The number of hydrogen-bond donors (Lipinski definition) is 0. The lowest BCUT2D eigenvalue weighted by molar-refractivity contribution is -0.579. The van der Waals surface area contributed by atoms with E-state index in [2.05, 4.69) is 39.0 Å². The van der Waals surface area contributed by atoms with Crippen LogP contribution >= 0.6 is 11.6 Å². The first-order valence-electron chi connectivity index (χ1n) is 6.54. The summed E-state index contributed by atoms with van der Waals surface area (Å²) in [7, 11) is 0. The largest absolute Gasteiger partial charge is 0.352 e. The van der Waals surface area contributed by atoms with E-state index >= 15 is 0 Å². The Morgan fingerprint density at radius 2 is 1.83 bits per heavy atom. The molecule has 0 aromatic heterocycles. The van der Waals surface area contributed by atoms with Crippen molar-refractivity contribution in [1.29, 1.82) is 0 Å². The molecule has 0 nitrogen and oxygen atoms in total. The van der Waals surface area contributed by atoms with E-state index in [0.717, 1.165) is 10.9 Å². The van der Waals surface area contributed by atoms with E-state index in [4.69, 9.17) is 11.6 Å². The monoisotopic (exact) mass is 375 g/mol. The summed E-state index contributed by atoms with van der Waals surface area (Å²) >= 11 is 5.96. The summed E-state index contributed by atoms with van der Waals surface area (Å²) in [5.41, 5.74) is 0.459. The average molecular weight is 376 g/mol. The summed E-state index contributed by atoms with van der Waals surface area (Å²) in [6.45, 7) is 7.10. The van der Waals surface area contributed by atoms with Crippen LogP contribution in [0.15, 0.2) is 33.9 Å². The van der Waals surface area contributed by atoms with Gasteiger partial charge in [0, 0.05) is 11.4 Å². The van der Waals surface area contributed by atoms with Crippen LogP contribution in [0.25, 0.3) is 0 Å². The van der Waals surface area contributed by atoms with Crippen LogP contribution in [-0.2, 0) is 0 Å². The number of allylic oxidation sites excluding steroid dienone is 2. The number of halogens is 2. The lowest BCUT2D eigenvalue weighted by Gasteiger charge is -2.31. The van der Waals surface area contributed by atoms with Crippen molar-refractivity contribution in [2.24, 2.45) is 11.3 Å². The van der Waals surface area contributed by atoms with Gasteiger partial charge in [0.1, 0.15) is 0 Å². The summed E-state index contributed by atoms with van der Waals surface area (Å²) < 4.78 is 3.19. The van der Waals surface area contributed by atoms with Gasteiger partial charge in [-0.05, 0) is 54.5 Å². The highest BCUT2D eigenvalue weighted by molar-refractivity contribution is 6.30. The highest BCUT2D eigenvalue weighted by atomic mass is 127. The van der Waals surface area contributed by atoms with Gasteiger partial charge in [0.2, 0.25) is 0 Å². The molecule has 0 saturated carbocycles. The molecular formula is C16H21ClI+. The summed E-state index contributed by atoms with van der Waals surface area (Å²) in [4.78, 5) is 0. The quantitative estimate of drug-likeness (QED) is 0.696. The van der Waals surface area contributed by atoms with Crippen molar-refractivity contribution in [3.05, 3.63) is 42.5 Å². The van der Waals surface area contributed by atoms with E-state index in [0.29, 0.717) is 5.41 Å². The third-order valence-corrected chi connectivity index (χ3v) is 6.88. The maximum absolute atomic E-state index is 5.92. The molecular weight excluding hydrogens is 355 g/mol. The third kappa shape index (κ3) is 3.99. The fraction of sp³-hybridized carbons (Fsp3) is 0.500. The van der Waals surface area contributed by atoms with Crippen molar-refractivity contribution in [3.8, 4) is 0 Å². The molecule has 0 spiro atoms. The molecule has 18 heavy (non-hydrogen) atoms. The smallest absolute Gasteiger partial charge is 0.0843 e. The number of rotatable bonds is 2. The molecule has 0 amide bonds. The Morgan fingerprint density at radius 1 is 1.17 bits per heavy atom. The molecule has 2 rings (SSSR count). The first-order valence-corrected chi connectivity index (χ1v) is 9.08. The van der Waals surface area contributed by atoms with Gasteiger partial charge in [-0.3, -0.25) is 0 Å². The van der Waals surface area contributed by atoms with E-state index < -0.39 is 0 Å². The molecule has 0 aliphatic heterocycles. The van der Waals surface area contributed by atoms with Crippen LogP contribution in [0.3, 0.4) is 0 Å². The molecule has 0 bridgehead atoms. The Bertz CT molecular complexity index is 425. The van der Waals surface area contributed by atoms with E-state index in [-0.39, 0.29) is 21.2 Å². The zero-order chi connectivity index (χ0) is 13.2. The molecule has 1 aromatic carbocycles. The molecule has 0 saturated heterocycles. The van der Waals surface area contributed by atoms with E-state index in [9.17, 15) is 0 Å². The van der Waals surface area contributed by atoms with Crippen molar-refractivity contribution in [2.75, 3.05) is 0 Å². The Balaban J connectivity index is 1.96. The molecule has 1 aromatic rings. The minimum absolute atomic E-state index is 0.0392. The highest BCUT2D eigenvalue weighted by Gasteiger charge is 2.30. The van der Waals surface area contributed by atoms with Crippen LogP contribution in [0.4, 0.5) is 0 Å². The second kappa shape index (κ2) is 5.96. The van der Waals surface area contributed by atoms with Gasteiger partial charge in [-0.15, -0.1) is 0 Å². The second-order valence-corrected chi connectivity index (χ2v) is 9.63. The lowest BCUT2D eigenvalue weighted by atomic mass is 9.74. The SMILES string of the molecule is CC(C)(C)C1CC=C([I+]c2ccc(Cl)cc2)CC1. The molecule has 0 fully saturated rings. The topological polar surface area (TPSA) is 0 Å². The zero-order valence-corrected chi connectivity index (χ0v) is 14.3. The Hall–Kier alpha value is -0.0200. The summed E-state index contributed by atoms with van der Waals surface area (Å²) in [5.74, 6) is 0.857. The fourth-order valence-corrected chi connectivity index (χ4v) is 5.01. The van der Waals surface area contributed by atoms with E-state index in [1.54, 1.807) is 3.58 Å². The molecule has 0 radical (unpaired) electrons. The molecule has 1 aliphatic rings. The summed E-state index contributed by atoms with van der Waals surface area (Å²) in [6.07, 6.45) is 6.45. The predicted octanol–water partition coefficient (Wildman–Crippen LogP) is 2.33. The highest BCUT2D eigenvalue weighted by Crippen LogP contribution is 2.35. The first kappa shape index (κ1) is 14.4. The van der Waals surface area contributed by atoms with Crippen LogP contribution < -0.4 is 21.2 Å². The first-order chi connectivity index (χ1) is 8.45. The van der Waals surface area contributed by atoms with Gasteiger partial charge >= 0.3 is 21.2 Å². The van der Waals surface area contributed by atoms with Crippen molar-refractivity contribution >= 4 is 11.6 Å². The van der Waals surface area contributed by atoms with Crippen LogP contribution in [0, 0.1) is 14.9 Å². The van der Waals surface area contributed by atoms with Gasteiger partial charge in [0.15, 0.2) is 7.15 Å². The van der Waals surface area contributed by atoms with E-state index in [1.807, 2.05) is 12.1 Å². The summed E-state index contributed by atoms with van der Waals surface area (Å²) in [5, 5.41) is 0.841. The minimum Gasteiger partial charge on any atom is -0.0843 e. The maximum Gasteiger partial charge on any atom is 0.352 e. The molecule has 1 unspecified atom stereocenters. The number of hydrogen-bond acceptors (Lipinski definition) is 0. The third-order valence-electron chi connectivity index (χ3n) is 3.61. The molecule has 0 N–H and O–H groups in total. The average Bonchev–Trinajstić information content (AvgIpc) is 2.32. The van der Waals surface area contributed by atoms with Crippen LogP contribution in [0.2, 0.25) is 5.02 Å². The maximum atomic E-state index is 5.92. The van der Waals surface area contributed by atoms with Crippen molar-refractivity contribution in [2.45, 2.75) is 40.0 Å². The zero-order valence-electron chi connectivity index (χ0n) is 11.3. The predicted molar refractivity (Wildman–Crippen MR) is 75.0 cm³/mol. The van der Waals surface area contributed by atoms with Crippen LogP contribution in [-0.4, -0.2) is 0 Å². The normalized spacial score (nSPS) is 20.7. The molecule has 1 atom stereocenters. The standard InChI is InChI=1S/C16H21ClI/c1-16(2,3)12-4-8-14(9-5-12)18-15-10-6-13(17)7-11-15/h6-8,10-12H,4-5,9H2,1-3H3/q+1. The molecule has 0 heterocycles. The van der Waals surface area contributed by atoms with Gasteiger partial charge in [-0.1, -0.05) is 32.4 Å². The van der Waals surface area contributed by atoms with Crippen LogP contribution in [0.1, 0.15) is 40.0 Å². The second-order valence-electron chi connectivity index (χ2n) is 6.02. The number of benzene rings is 1. The van der Waals surface area contributed by atoms with Gasteiger partial charge in [0.05, 0.1) is 0 Å². The molecule has 1 aliphatic carbocycles. The van der Waals surface area contributed by atoms with Gasteiger partial charge in [-0.2, -0.15) is 0 Å². The van der Waals surface area contributed by atoms with Gasteiger partial charge < -0.3 is 0 Å². The van der Waals surface area contributed by atoms with Crippen molar-refractivity contribution < 1.29 is 21.2 Å². The summed E-state index contributed by atoms with van der Waals surface area (Å²) in [6, 6.07) is 8.40.